The van der Waals surface area contributed by atoms with Crippen LogP contribution in [0.5, 0.6) is 0 Å². The van der Waals surface area contributed by atoms with Crippen LogP contribution in [0.25, 0.3) is 0 Å². The van der Waals surface area contributed by atoms with Crippen LogP contribution in [-0.2, 0) is 16.1 Å². The first-order valence-electron chi connectivity index (χ1n) is 8.42. The van der Waals surface area contributed by atoms with Gasteiger partial charge in [-0.3, -0.25) is 9.59 Å². The normalized spacial score (nSPS) is 23.5. The van der Waals surface area contributed by atoms with Gasteiger partial charge in [0.2, 0.25) is 11.8 Å². The minimum absolute atomic E-state index is 0.00270. The van der Waals surface area contributed by atoms with Gasteiger partial charge in [0.1, 0.15) is 6.04 Å². The first kappa shape index (κ1) is 15.8. The van der Waals surface area contributed by atoms with Crippen LogP contribution in [0.3, 0.4) is 0 Å². The van der Waals surface area contributed by atoms with Crippen LogP contribution in [0.15, 0.2) is 36.4 Å². The SMILES string of the molecule is Cc1ccc(CN2CC[C@H](NC(=O)C[C@@H]3C=CCC3)C2=O)cc1. The van der Waals surface area contributed by atoms with Gasteiger partial charge in [0.25, 0.3) is 0 Å². The highest BCUT2D eigenvalue weighted by molar-refractivity contribution is 5.89. The molecule has 1 aromatic carbocycles. The fraction of sp³-hybridized carbons (Fsp3) is 0.474. The first-order chi connectivity index (χ1) is 11.1. The summed E-state index contributed by atoms with van der Waals surface area (Å²) < 4.78 is 0. The maximum absolute atomic E-state index is 12.4. The lowest BCUT2D eigenvalue weighted by Gasteiger charge is -2.18. The zero-order valence-corrected chi connectivity index (χ0v) is 13.6. The summed E-state index contributed by atoms with van der Waals surface area (Å²) in [6.45, 7) is 3.38. The van der Waals surface area contributed by atoms with Crippen molar-refractivity contribution in [2.45, 2.75) is 45.2 Å². The smallest absolute Gasteiger partial charge is 0.245 e. The molecule has 0 aromatic heterocycles. The Bertz CT molecular complexity index is 606. The number of carbonyl (C=O) groups excluding carboxylic acids is 2. The van der Waals surface area contributed by atoms with E-state index < -0.39 is 0 Å². The van der Waals surface area contributed by atoms with Crippen molar-refractivity contribution in [2.75, 3.05) is 6.54 Å². The van der Waals surface area contributed by atoms with E-state index in [-0.39, 0.29) is 17.9 Å². The second-order valence-corrected chi connectivity index (χ2v) is 6.62. The topological polar surface area (TPSA) is 49.4 Å². The van der Waals surface area contributed by atoms with Crippen LogP contribution in [0.4, 0.5) is 0 Å². The molecule has 0 bridgehead atoms. The number of nitrogens with zero attached hydrogens (tertiary/aromatic N) is 1. The maximum atomic E-state index is 12.4. The Morgan fingerprint density at radius 3 is 2.74 bits per heavy atom. The van der Waals surface area contributed by atoms with E-state index in [1.165, 1.54) is 5.56 Å². The number of hydrogen-bond donors (Lipinski definition) is 1. The highest BCUT2D eigenvalue weighted by atomic mass is 16.2. The highest BCUT2D eigenvalue weighted by Crippen LogP contribution is 2.21. The van der Waals surface area contributed by atoms with Crippen molar-refractivity contribution in [2.24, 2.45) is 5.92 Å². The zero-order valence-electron chi connectivity index (χ0n) is 13.6. The fourth-order valence-corrected chi connectivity index (χ4v) is 3.30. The molecule has 1 aromatic rings. The Kier molecular flexibility index (Phi) is 4.79. The van der Waals surface area contributed by atoms with Gasteiger partial charge in [-0.25, -0.2) is 0 Å². The Morgan fingerprint density at radius 1 is 1.26 bits per heavy atom. The average molecular weight is 312 g/mol. The molecular formula is C19H24N2O2. The van der Waals surface area contributed by atoms with Crippen LogP contribution in [-0.4, -0.2) is 29.3 Å². The van der Waals surface area contributed by atoms with Crippen molar-refractivity contribution >= 4 is 11.8 Å². The van der Waals surface area contributed by atoms with E-state index in [2.05, 4.69) is 48.7 Å². The van der Waals surface area contributed by atoms with Gasteiger partial charge in [-0.05, 0) is 37.7 Å². The molecule has 1 saturated heterocycles. The van der Waals surface area contributed by atoms with Crippen molar-refractivity contribution < 1.29 is 9.59 Å². The van der Waals surface area contributed by atoms with Gasteiger partial charge in [-0.2, -0.15) is 0 Å². The van der Waals surface area contributed by atoms with Crippen LogP contribution < -0.4 is 5.32 Å². The van der Waals surface area contributed by atoms with E-state index in [0.717, 1.165) is 18.4 Å². The van der Waals surface area contributed by atoms with Crippen molar-refractivity contribution in [1.82, 2.24) is 10.2 Å². The molecule has 2 atom stereocenters. The summed E-state index contributed by atoms with van der Waals surface area (Å²) in [5.74, 6) is 0.383. The third-order valence-electron chi connectivity index (χ3n) is 4.69. The standard InChI is InChI=1S/C19H24N2O2/c1-14-6-8-16(9-7-14)13-21-11-10-17(19(21)23)20-18(22)12-15-4-2-3-5-15/h2,4,6-9,15,17H,3,5,10-13H2,1H3,(H,20,22)/t15-,17+/m1/s1. The highest BCUT2D eigenvalue weighted by Gasteiger charge is 2.32. The van der Waals surface area contributed by atoms with E-state index in [0.29, 0.717) is 31.8 Å². The summed E-state index contributed by atoms with van der Waals surface area (Å²) in [5.41, 5.74) is 2.35. The number of benzene rings is 1. The molecule has 4 nitrogen and oxygen atoms in total. The van der Waals surface area contributed by atoms with E-state index in [4.69, 9.17) is 0 Å². The molecule has 4 heteroatoms. The Morgan fingerprint density at radius 2 is 2.04 bits per heavy atom. The molecule has 122 valence electrons. The minimum Gasteiger partial charge on any atom is -0.344 e. The Hall–Kier alpha value is -2.10. The molecular weight excluding hydrogens is 288 g/mol. The summed E-state index contributed by atoms with van der Waals surface area (Å²) in [5, 5.41) is 2.92. The molecule has 0 radical (unpaired) electrons. The summed E-state index contributed by atoms with van der Waals surface area (Å²) in [6, 6.07) is 7.88. The van der Waals surface area contributed by atoms with Crippen LogP contribution in [0.1, 0.15) is 36.8 Å². The number of hydrogen-bond acceptors (Lipinski definition) is 2. The van der Waals surface area contributed by atoms with E-state index >= 15 is 0 Å². The third kappa shape index (κ3) is 4.01. The maximum Gasteiger partial charge on any atom is 0.245 e. The van der Waals surface area contributed by atoms with Crippen LogP contribution in [0, 0.1) is 12.8 Å². The van der Waals surface area contributed by atoms with Gasteiger partial charge in [0.15, 0.2) is 0 Å². The molecule has 0 spiro atoms. The van der Waals surface area contributed by atoms with Gasteiger partial charge >= 0.3 is 0 Å². The Balaban J connectivity index is 1.50. The first-order valence-corrected chi connectivity index (χ1v) is 8.42. The second kappa shape index (κ2) is 6.99. The summed E-state index contributed by atoms with van der Waals surface area (Å²) in [7, 11) is 0. The van der Waals surface area contributed by atoms with Crippen molar-refractivity contribution in [3.8, 4) is 0 Å². The quantitative estimate of drug-likeness (QED) is 0.850. The molecule has 23 heavy (non-hydrogen) atoms. The molecule has 0 saturated carbocycles. The molecule has 3 rings (SSSR count). The number of rotatable bonds is 5. The van der Waals surface area contributed by atoms with Crippen molar-refractivity contribution in [1.29, 1.82) is 0 Å². The number of aryl methyl sites for hydroxylation is 1. The van der Waals surface area contributed by atoms with E-state index in [1.807, 2.05) is 4.90 Å². The largest absolute Gasteiger partial charge is 0.344 e. The lowest BCUT2D eigenvalue weighted by atomic mass is 10.0. The second-order valence-electron chi connectivity index (χ2n) is 6.62. The van der Waals surface area contributed by atoms with Gasteiger partial charge in [0, 0.05) is 19.5 Å². The molecule has 1 fully saturated rings. The molecule has 1 aliphatic heterocycles. The molecule has 1 heterocycles. The lowest BCUT2D eigenvalue weighted by Crippen LogP contribution is -2.41. The van der Waals surface area contributed by atoms with E-state index in [9.17, 15) is 9.59 Å². The third-order valence-corrected chi connectivity index (χ3v) is 4.69. The molecule has 1 N–H and O–H groups in total. The summed E-state index contributed by atoms with van der Waals surface area (Å²) in [6.07, 6.45) is 7.55. The molecule has 0 unspecified atom stereocenters. The predicted molar refractivity (Wildman–Crippen MR) is 89.6 cm³/mol. The van der Waals surface area contributed by atoms with Crippen LogP contribution >= 0.6 is 0 Å². The molecule has 1 aliphatic carbocycles. The predicted octanol–water partition coefficient (Wildman–Crippen LogP) is 2.57. The van der Waals surface area contributed by atoms with Crippen molar-refractivity contribution in [3.05, 3.63) is 47.5 Å². The fourth-order valence-electron chi connectivity index (χ4n) is 3.30. The van der Waals surface area contributed by atoms with Gasteiger partial charge in [-0.1, -0.05) is 42.0 Å². The molecule has 2 amide bonds. The number of nitrogens with one attached hydrogen (secondary N) is 1. The molecule has 2 aliphatic rings. The Labute approximate surface area is 137 Å². The number of likely N-dealkylation sites (tertiary alicyclic amines) is 1. The van der Waals surface area contributed by atoms with Crippen LogP contribution in [0.2, 0.25) is 0 Å². The summed E-state index contributed by atoms with van der Waals surface area (Å²) in [4.78, 5) is 26.4. The summed E-state index contributed by atoms with van der Waals surface area (Å²) >= 11 is 0. The van der Waals surface area contributed by atoms with Crippen molar-refractivity contribution in [3.63, 3.8) is 0 Å². The number of amides is 2. The number of carbonyl (C=O) groups is 2. The average Bonchev–Trinajstić information content (AvgIpc) is 3.14. The number of allylic oxidation sites excluding steroid dienone is 2. The minimum atomic E-state index is -0.349. The monoisotopic (exact) mass is 312 g/mol. The van der Waals surface area contributed by atoms with E-state index in [1.54, 1.807) is 0 Å². The van der Waals surface area contributed by atoms with Gasteiger partial charge < -0.3 is 10.2 Å². The lowest BCUT2D eigenvalue weighted by molar-refractivity contribution is -0.133. The van der Waals surface area contributed by atoms with Gasteiger partial charge in [0.05, 0.1) is 0 Å². The zero-order chi connectivity index (χ0) is 16.2. The van der Waals surface area contributed by atoms with Gasteiger partial charge in [-0.15, -0.1) is 0 Å².